The van der Waals surface area contributed by atoms with E-state index in [0.717, 1.165) is 17.5 Å². The second kappa shape index (κ2) is 7.78. The Hall–Kier alpha value is -2.02. The highest BCUT2D eigenvalue weighted by atomic mass is 35.5. The van der Waals surface area contributed by atoms with Crippen LogP contribution in [0.1, 0.15) is 23.9 Å². The molecule has 0 fully saturated rings. The third kappa shape index (κ3) is 3.90. The first-order valence-corrected chi connectivity index (χ1v) is 11.0. The van der Waals surface area contributed by atoms with Gasteiger partial charge in [-0.25, -0.2) is 8.42 Å². The van der Waals surface area contributed by atoms with E-state index in [4.69, 9.17) is 23.2 Å². The van der Waals surface area contributed by atoms with Crippen LogP contribution in [0.2, 0.25) is 10.0 Å². The topological polar surface area (TPSA) is 64.0 Å². The lowest BCUT2D eigenvalue weighted by molar-refractivity contribution is 0.601. The van der Waals surface area contributed by atoms with Crippen LogP contribution >= 0.6 is 23.2 Å². The molecule has 3 aromatic rings. The van der Waals surface area contributed by atoms with E-state index < -0.39 is 10.0 Å². The van der Waals surface area contributed by atoms with Gasteiger partial charge in [0.2, 0.25) is 0 Å². The molecule has 2 aromatic carbocycles. The molecule has 8 heteroatoms. The summed E-state index contributed by atoms with van der Waals surface area (Å²) in [6.07, 6.45) is 0.942. The summed E-state index contributed by atoms with van der Waals surface area (Å²) in [6, 6.07) is 11.2. The zero-order valence-corrected chi connectivity index (χ0v) is 18.4. The molecule has 0 aliphatic carbocycles. The minimum Gasteiger partial charge on any atom is -0.276 e. The van der Waals surface area contributed by atoms with Crippen molar-refractivity contribution >= 4 is 38.9 Å². The highest BCUT2D eigenvalue weighted by Gasteiger charge is 2.25. The molecule has 0 aliphatic heterocycles. The van der Waals surface area contributed by atoms with Gasteiger partial charge in [-0.2, -0.15) is 5.10 Å². The molecule has 148 valence electrons. The molecule has 0 saturated carbocycles. The van der Waals surface area contributed by atoms with Crippen LogP contribution in [0.25, 0.3) is 11.1 Å². The highest BCUT2D eigenvalue weighted by molar-refractivity contribution is 7.93. The third-order valence-corrected chi connectivity index (χ3v) is 6.98. The first-order valence-electron chi connectivity index (χ1n) is 8.75. The van der Waals surface area contributed by atoms with Crippen LogP contribution in [0, 0.1) is 13.8 Å². The minimum absolute atomic E-state index is 0.0637. The van der Waals surface area contributed by atoms with Crippen LogP contribution in [0.4, 0.5) is 5.69 Å². The maximum absolute atomic E-state index is 13.0. The average molecular weight is 438 g/mol. The van der Waals surface area contributed by atoms with Gasteiger partial charge in [0.05, 0.1) is 27.1 Å². The molecule has 0 amide bonds. The van der Waals surface area contributed by atoms with Crippen LogP contribution in [0.3, 0.4) is 0 Å². The Morgan fingerprint density at radius 1 is 1.04 bits per heavy atom. The Morgan fingerprint density at radius 3 is 2.07 bits per heavy atom. The Labute approximate surface area is 175 Å². The van der Waals surface area contributed by atoms with Crippen molar-refractivity contribution < 1.29 is 8.42 Å². The monoisotopic (exact) mass is 437 g/mol. The van der Waals surface area contributed by atoms with E-state index in [0.29, 0.717) is 17.1 Å². The van der Waals surface area contributed by atoms with Gasteiger partial charge in [-0.1, -0.05) is 54.4 Å². The molecule has 1 heterocycles. The standard InChI is InChI=1S/C20H21Cl2N3O2S/c1-5-14-6-8-15(9-7-14)16-10-17(21)20(18(22)11-16)28(26,27)24-19-12(2)23-25(4)13(19)3/h6-11,24H,5H2,1-4H3. The number of aromatic nitrogens is 2. The second-order valence-corrected chi connectivity index (χ2v) is 9.03. The van der Waals surface area contributed by atoms with Crippen molar-refractivity contribution in [3.63, 3.8) is 0 Å². The summed E-state index contributed by atoms with van der Waals surface area (Å²) in [6.45, 7) is 5.60. The molecular weight excluding hydrogens is 417 g/mol. The van der Waals surface area contributed by atoms with Crippen molar-refractivity contribution in [2.75, 3.05) is 4.72 Å². The fourth-order valence-corrected chi connectivity index (χ4v) is 5.42. The molecule has 0 atom stereocenters. The number of anilines is 1. The van der Waals surface area contributed by atoms with Gasteiger partial charge in [0.1, 0.15) is 4.90 Å². The number of halogens is 2. The third-order valence-electron chi connectivity index (χ3n) is 4.71. The van der Waals surface area contributed by atoms with Gasteiger partial charge in [0.25, 0.3) is 10.0 Å². The Balaban J connectivity index is 2.02. The first-order chi connectivity index (χ1) is 13.1. The molecule has 1 aromatic heterocycles. The lowest BCUT2D eigenvalue weighted by Gasteiger charge is -2.13. The molecule has 3 rings (SSSR count). The molecule has 5 nitrogen and oxygen atoms in total. The number of aryl methyl sites for hydroxylation is 3. The van der Waals surface area contributed by atoms with Crippen LogP contribution in [-0.4, -0.2) is 18.2 Å². The van der Waals surface area contributed by atoms with E-state index in [1.807, 2.05) is 24.3 Å². The predicted octanol–water partition coefficient (Wildman–Crippen LogP) is 5.37. The Kier molecular flexibility index (Phi) is 5.75. The molecule has 28 heavy (non-hydrogen) atoms. The van der Waals surface area contributed by atoms with E-state index in [9.17, 15) is 8.42 Å². The number of benzene rings is 2. The van der Waals surface area contributed by atoms with Crippen molar-refractivity contribution in [2.24, 2.45) is 7.05 Å². The van der Waals surface area contributed by atoms with Crippen molar-refractivity contribution in [3.05, 3.63) is 63.4 Å². The minimum atomic E-state index is -3.98. The number of sulfonamides is 1. The fraction of sp³-hybridized carbons (Fsp3) is 0.250. The summed E-state index contributed by atoms with van der Waals surface area (Å²) >= 11 is 12.7. The predicted molar refractivity (Wildman–Crippen MR) is 115 cm³/mol. The van der Waals surface area contributed by atoms with E-state index in [1.165, 1.54) is 5.56 Å². The Bertz CT molecular complexity index is 1110. The van der Waals surface area contributed by atoms with Crippen molar-refractivity contribution in [2.45, 2.75) is 32.1 Å². The summed E-state index contributed by atoms with van der Waals surface area (Å²) in [5, 5.41) is 4.35. The van der Waals surface area contributed by atoms with Crippen molar-refractivity contribution in [3.8, 4) is 11.1 Å². The zero-order valence-electron chi connectivity index (χ0n) is 16.0. The largest absolute Gasteiger partial charge is 0.276 e. The zero-order chi connectivity index (χ0) is 20.6. The summed E-state index contributed by atoms with van der Waals surface area (Å²) in [4.78, 5) is -0.146. The summed E-state index contributed by atoms with van der Waals surface area (Å²) < 4.78 is 30.1. The van der Waals surface area contributed by atoms with Crippen LogP contribution in [0.15, 0.2) is 41.3 Å². The number of rotatable bonds is 5. The van der Waals surface area contributed by atoms with E-state index in [2.05, 4.69) is 16.7 Å². The van der Waals surface area contributed by atoms with Crippen LogP contribution in [-0.2, 0) is 23.5 Å². The second-order valence-electron chi connectivity index (χ2n) is 6.59. The number of nitrogens with zero attached hydrogens (tertiary/aromatic N) is 2. The van der Waals surface area contributed by atoms with Crippen molar-refractivity contribution in [1.29, 1.82) is 0 Å². The molecule has 0 unspecified atom stereocenters. The summed E-state index contributed by atoms with van der Waals surface area (Å²) in [7, 11) is -2.23. The van der Waals surface area contributed by atoms with Crippen LogP contribution < -0.4 is 4.72 Å². The quantitative estimate of drug-likeness (QED) is 0.582. The Morgan fingerprint density at radius 2 is 1.61 bits per heavy atom. The van der Waals surface area contributed by atoms with Crippen LogP contribution in [0.5, 0.6) is 0 Å². The van der Waals surface area contributed by atoms with Gasteiger partial charge in [-0.3, -0.25) is 9.40 Å². The lowest BCUT2D eigenvalue weighted by Crippen LogP contribution is -2.15. The van der Waals surface area contributed by atoms with E-state index in [1.54, 1.807) is 37.7 Å². The molecule has 0 radical (unpaired) electrons. The van der Waals surface area contributed by atoms with Crippen molar-refractivity contribution in [1.82, 2.24) is 9.78 Å². The average Bonchev–Trinajstić information content (AvgIpc) is 2.86. The maximum Gasteiger partial charge on any atom is 0.264 e. The van der Waals surface area contributed by atoms with E-state index in [-0.39, 0.29) is 14.9 Å². The SMILES string of the molecule is CCc1ccc(-c2cc(Cl)c(S(=O)(=O)Nc3c(C)nn(C)c3C)c(Cl)c2)cc1. The molecule has 0 aliphatic rings. The maximum atomic E-state index is 13.0. The summed E-state index contributed by atoms with van der Waals surface area (Å²) in [5.74, 6) is 0. The number of hydrogen-bond acceptors (Lipinski definition) is 3. The summed E-state index contributed by atoms with van der Waals surface area (Å²) in [5.41, 5.74) is 4.58. The van der Waals surface area contributed by atoms with Gasteiger partial charge >= 0.3 is 0 Å². The molecule has 1 N–H and O–H groups in total. The normalized spacial score (nSPS) is 11.6. The first kappa shape index (κ1) is 20.7. The van der Waals surface area contributed by atoms with Gasteiger partial charge in [-0.05, 0) is 49.1 Å². The fourth-order valence-electron chi connectivity index (χ4n) is 3.02. The van der Waals surface area contributed by atoms with Gasteiger partial charge in [0.15, 0.2) is 0 Å². The van der Waals surface area contributed by atoms with Gasteiger partial charge in [-0.15, -0.1) is 0 Å². The molecule has 0 spiro atoms. The smallest absolute Gasteiger partial charge is 0.264 e. The molecular formula is C20H21Cl2N3O2S. The number of nitrogens with one attached hydrogen (secondary N) is 1. The molecule has 0 bridgehead atoms. The highest BCUT2D eigenvalue weighted by Crippen LogP contribution is 2.36. The lowest BCUT2D eigenvalue weighted by atomic mass is 10.0. The van der Waals surface area contributed by atoms with Gasteiger partial charge in [0, 0.05) is 7.05 Å². The van der Waals surface area contributed by atoms with Gasteiger partial charge < -0.3 is 0 Å². The number of hydrogen-bond donors (Lipinski definition) is 1. The van der Waals surface area contributed by atoms with E-state index >= 15 is 0 Å². The molecule has 0 saturated heterocycles.